The van der Waals surface area contributed by atoms with Gasteiger partial charge < -0.3 is 0 Å². The lowest BCUT2D eigenvalue weighted by Gasteiger charge is -2.06. The Balaban J connectivity index is 2.31. The van der Waals surface area contributed by atoms with Crippen LogP contribution < -0.4 is 4.72 Å². The molecule has 3 nitrogen and oxygen atoms in total. The molecular formula is C12H19NO2S2. The van der Waals surface area contributed by atoms with Gasteiger partial charge in [0.15, 0.2) is 0 Å². The van der Waals surface area contributed by atoms with Crippen molar-refractivity contribution in [2.75, 3.05) is 18.6 Å². The third kappa shape index (κ3) is 5.57. The molecule has 0 saturated heterocycles. The second-order valence-electron chi connectivity index (χ2n) is 3.76. The van der Waals surface area contributed by atoms with Crippen LogP contribution in [-0.2, 0) is 10.0 Å². The van der Waals surface area contributed by atoms with Gasteiger partial charge in [0, 0.05) is 6.54 Å². The van der Waals surface area contributed by atoms with Gasteiger partial charge in [-0.15, -0.1) is 0 Å². The quantitative estimate of drug-likeness (QED) is 0.740. The molecule has 0 aliphatic heterocycles. The Morgan fingerprint density at radius 2 is 1.82 bits per heavy atom. The maximum Gasteiger partial charge on any atom is 0.240 e. The molecule has 0 amide bonds. The molecule has 5 heteroatoms. The van der Waals surface area contributed by atoms with Crippen molar-refractivity contribution in [2.45, 2.75) is 24.2 Å². The van der Waals surface area contributed by atoms with Crippen LogP contribution in [-0.4, -0.2) is 27.0 Å². The molecule has 0 aliphatic rings. The standard InChI is InChI=1S/C12H19NO2S2/c1-16-11-7-3-6-10-13-17(14,15)12-8-4-2-5-9-12/h2,4-5,8-9,13H,3,6-7,10-11H2,1H3. The summed E-state index contributed by atoms with van der Waals surface area (Å²) in [4.78, 5) is 0.337. The van der Waals surface area contributed by atoms with Crippen LogP contribution in [0, 0.1) is 0 Å². The predicted molar refractivity (Wildman–Crippen MR) is 73.9 cm³/mol. The minimum Gasteiger partial charge on any atom is -0.211 e. The van der Waals surface area contributed by atoms with Crippen LogP contribution in [0.4, 0.5) is 0 Å². The number of rotatable bonds is 8. The van der Waals surface area contributed by atoms with Crippen LogP contribution in [0.25, 0.3) is 0 Å². The third-order valence-corrected chi connectivity index (χ3v) is 4.54. The van der Waals surface area contributed by atoms with Crippen LogP contribution >= 0.6 is 11.8 Å². The molecule has 1 rings (SSSR count). The van der Waals surface area contributed by atoms with Crippen LogP contribution in [0.3, 0.4) is 0 Å². The van der Waals surface area contributed by atoms with Crippen molar-refractivity contribution in [3.8, 4) is 0 Å². The van der Waals surface area contributed by atoms with Gasteiger partial charge in [0.2, 0.25) is 10.0 Å². The number of benzene rings is 1. The highest BCUT2D eigenvalue weighted by Gasteiger charge is 2.11. The second-order valence-corrected chi connectivity index (χ2v) is 6.52. The van der Waals surface area contributed by atoms with Gasteiger partial charge in [-0.25, -0.2) is 13.1 Å². The van der Waals surface area contributed by atoms with Gasteiger partial charge in [-0.05, 0) is 37.0 Å². The molecule has 0 heterocycles. The van der Waals surface area contributed by atoms with Gasteiger partial charge in [-0.3, -0.25) is 0 Å². The first-order chi connectivity index (χ1) is 8.17. The summed E-state index contributed by atoms with van der Waals surface area (Å²) < 4.78 is 26.2. The lowest BCUT2D eigenvalue weighted by atomic mass is 10.2. The summed E-state index contributed by atoms with van der Waals surface area (Å²) in [5, 5.41) is 0. The molecule has 0 atom stereocenters. The highest BCUT2D eigenvalue weighted by Crippen LogP contribution is 2.07. The second kappa shape index (κ2) is 7.74. The molecule has 0 bridgehead atoms. The fraction of sp³-hybridized carbons (Fsp3) is 0.500. The smallest absolute Gasteiger partial charge is 0.211 e. The van der Waals surface area contributed by atoms with Crippen molar-refractivity contribution < 1.29 is 8.42 Å². The Morgan fingerprint density at radius 3 is 2.47 bits per heavy atom. The molecule has 17 heavy (non-hydrogen) atoms. The third-order valence-electron chi connectivity index (χ3n) is 2.37. The normalized spacial score (nSPS) is 11.6. The number of nitrogens with one attached hydrogen (secondary N) is 1. The van der Waals surface area contributed by atoms with E-state index in [-0.39, 0.29) is 0 Å². The Hall–Kier alpha value is -0.520. The average molecular weight is 273 g/mol. The zero-order valence-electron chi connectivity index (χ0n) is 10.1. The molecule has 1 aromatic carbocycles. The summed E-state index contributed by atoms with van der Waals surface area (Å²) >= 11 is 1.82. The van der Waals surface area contributed by atoms with E-state index in [0.29, 0.717) is 11.4 Å². The lowest BCUT2D eigenvalue weighted by molar-refractivity contribution is 0.576. The van der Waals surface area contributed by atoms with E-state index in [1.807, 2.05) is 11.8 Å². The summed E-state index contributed by atoms with van der Waals surface area (Å²) in [6, 6.07) is 8.48. The van der Waals surface area contributed by atoms with E-state index in [1.54, 1.807) is 30.3 Å². The Morgan fingerprint density at radius 1 is 1.12 bits per heavy atom. The van der Waals surface area contributed by atoms with E-state index in [4.69, 9.17) is 0 Å². The first kappa shape index (κ1) is 14.5. The minimum atomic E-state index is -3.31. The first-order valence-corrected chi connectivity index (χ1v) is 8.58. The minimum absolute atomic E-state index is 0.337. The van der Waals surface area contributed by atoms with Crippen molar-refractivity contribution in [3.05, 3.63) is 30.3 Å². The van der Waals surface area contributed by atoms with Gasteiger partial charge in [0.05, 0.1) is 4.90 Å². The summed E-state index contributed by atoms with van der Waals surface area (Å²) in [7, 11) is -3.31. The number of unbranched alkanes of at least 4 members (excludes halogenated alkanes) is 2. The molecule has 0 aromatic heterocycles. The molecule has 0 unspecified atom stereocenters. The van der Waals surface area contributed by atoms with Crippen LogP contribution in [0.1, 0.15) is 19.3 Å². The molecule has 1 N–H and O–H groups in total. The Bertz CT molecular complexity index is 404. The van der Waals surface area contributed by atoms with Crippen LogP contribution in [0.15, 0.2) is 35.2 Å². The monoisotopic (exact) mass is 273 g/mol. The van der Waals surface area contributed by atoms with E-state index < -0.39 is 10.0 Å². The first-order valence-electron chi connectivity index (χ1n) is 5.70. The molecule has 96 valence electrons. The SMILES string of the molecule is CSCCCCCNS(=O)(=O)c1ccccc1. The molecule has 0 radical (unpaired) electrons. The molecular weight excluding hydrogens is 254 g/mol. The lowest BCUT2D eigenvalue weighted by Crippen LogP contribution is -2.24. The van der Waals surface area contributed by atoms with Crippen molar-refractivity contribution in [1.29, 1.82) is 0 Å². The summed E-state index contributed by atoms with van der Waals surface area (Å²) in [5.41, 5.74) is 0. The van der Waals surface area contributed by atoms with Crippen molar-refractivity contribution in [1.82, 2.24) is 4.72 Å². The molecule has 0 fully saturated rings. The number of sulfonamides is 1. The number of hydrogen-bond donors (Lipinski definition) is 1. The fourth-order valence-corrected chi connectivity index (χ4v) is 3.03. The van der Waals surface area contributed by atoms with E-state index in [2.05, 4.69) is 11.0 Å². The maximum absolute atomic E-state index is 11.8. The van der Waals surface area contributed by atoms with Crippen molar-refractivity contribution in [2.24, 2.45) is 0 Å². The van der Waals surface area contributed by atoms with Gasteiger partial charge >= 0.3 is 0 Å². The van der Waals surface area contributed by atoms with Crippen molar-refractivity contribution in [3.63, 3.8) is 0 Å². The maximum atomic E-state index is 11.8. The molecule has 0 saturated carbocycles. The predicted octanol–water partition coefficient (Wildman–Crippen LogP) is 2.50. The van der Waals surface area contributed by atoms with Gasteiger partial charge in [-0.2, -0.15) is 11.8 Å². The molecule has 1 aromatic rings. The Kier molecular flexibility index (Phi) is 6.62. The highest BCUT2D eigenvalue weighted by molar-refractivity contribution is 7.98. The zero-order chi connectivity index (χ0) is 12.6. The van der Waals surface area contributed by atoms with Gasteiger partial charge in [0.25, 0.3) is 0 Å². The van der Waals surface area contributed by atoms with Gasteiger partial charge in [0.1, 0.15) is 0 Å². The van der Waals surface area contributed by atoms with E-state index >= 15 is 0 Å². The summed E-state index contributed by atoms with van der Waals surface area (Å²) in [6.07, 6.45) is 5.19. The highest BCUT2D eigenvalue weighted by atomic mass is 32.2. The van der Waals surface area contributed by atoms with Crippen LogP contribution in [0.2, 0.25) is 0 Å². The topological polar surface area (TPSA) is 46.2 Å². The largest absolute Gasteiger partial charge is 0.240 e. The summed E-state index contributed by atoms with van der Waals surface area (Å²) in [6.45, 7) is 0.519. The fourth-order valence-electron chi connectivity index (χ4n) is 1.44. The van der Waals surface area contributed by atoms with E-state index in [0.717, 1.165) is 25.0 Å². The molecule has 0 spiro atoms. The number of hydrogen-bond acceptors (Lipinski definition) is 3. The molecule has 0 aliphatic carbocycles. The van der Waals surface area contributed by atoms with Crippen LogP contribution in [0.5, 0.6) is 0 Å². The number of thioether (sulfide) groups is 1. The average Bonchev–Trinajstić information content (AvgIpc) is 2.35. The van der Waals surface area contributed by atoms with E-state index in [1.165, 1.54) is 0 Å². The van der Waals surface area contributed by atoms with E-state index in [9.17, 15) is 8.42 Å². The summed E-state index contributed by atoms with van der Waals surface area (Å²) in [5.74, 6) is 1.14. The Labute approximate surface area is 108 Å². The van der Waals surface area contributed by atoms with Gasteiger partial charge in [-0.1, -0.05) is 24.6 Å². The van der Waals surface area contributed by atoms with Crippen molar-refractivity contribution >= 4 is 21.8 Å². The zero-order valence-corrected chi connectivity index (χ0v) is 11.7.